The summed E-state index contributed by atoms with van der Waals surface area (Å²) >= 11 is 1.01. The van der Waals surface area contributed by atoms with E-state index in [1.807, 2.05) is 12.2 Å². The molecular weight excluding hydrogens is 533 g/mol. The number of rotatable bonds is 7. The van der Waals surface area contributed by atoms with E-state index in [1.54, 1.807) is 6.07 Å². The van der Waals surface area contributed by atoms with Crippen LogP contribution in [0.4, 0.5) is 10.1 Å². The molecule has 40 heavy (non-hydrogen) atoms. The smallest absolute Gasteiger partial charge is 0.303 e. The van der Waals surface area contributed by atoms with Gasteiger partial charge in [0.25, 0.3) is 0 Å². The van der Waals surface area contributed by atoms with Gasteiger partial charge in [0, 0.05) is 35.9 Å². The third-order valence-electron chi connectivity index (χ3n) is 10.3. The molecule has 216 valence electrons. The summed E-state index contributed by atoms with van der Waals surface area (Å²) in [5, 5.41) is 31.1. The molecule has 2 unspecified atom stereocenters. The van der Waals surface area contributed by atoms with Crippen molar-refractivity contribution in [2.75, 3.05) is 12.4 Å². The van der Waals surface area contributed by atoms with Crippen LogP contribution < -0.4 is 5.32 Å². The molecule has 5 rings (SSSR count). The number of aliphatic hydroxyl groups excluding tert-OH is 2. The van der Waals surface area contributed by atoms with Crippen molar-refractivity contribution in [1.29, 1.82) is 5.41 Å². The van der Waals surface area contributed by atoms with Crippen LogP contribution in [0.2, 0.25) is 0 Å². The number of nitrogens with zero attached hydrogens (tertiary/aromatic N) is 1. The monoisotopic (exact) mass is 572 g/mol. The van der Waals surface area contributed by atoms with Gasteiger partial charge in [-0.3, -0.25) is 14.9 Å². The van der Waals surface area contributed by atoms with Crippen molar-refractivity contribution < 1.29 is 34.2 Å². The number of fused-ring (bicyclic) bond motifs is 5. The number of nitrogens with two attached hydrogens (primary N) is 1. The molecule has 3 saturated carbocycles. The van der Waals surface area contributed by atoms with E-state index in [4.69, 9.17) is 10.1 Å². The summed E-state index contributed by atoms with van der Waals surface area (Å²) in [6.07, 6.45) is 8.03. The molecule has 0 spiro atoms. The van der Waals surface area contributed by atoms with Crippen LogP contribution in [0.3, 0.4) is 0 Å². The molecule has 0 saturated heterocycles. The molecule has 4 aliphatic carbocycles. The van der Waals surface area contributed by atoms with Gasteiger partial charge in [-0.2, -0.15) is 4.39 Å². The molecule has 3 fully saturated rings. The van der Waals surface area contributed by atoms with Gasteiger partial charge >= 0.3 is 5.97 Å². The minimum Gasteiger partial charge on any atom is -0.450 e. The Balaban J connectivity index is 1.47. The topological polar surface area (TPSA) is 137 Å². The van der Waals surface area contributed by atoms with Gasteiger partial charge in [-0.25, -0.2) is 4.98 Å². The highest BCUT2D eigenvalue weighted by Crippen LogP contribution is 2.69. The Kier molecular flexibility index (Phi) is 7.84. The summed E-state index contributed by atoms with van der Waals surface area (Å²) in [6, 6.07) is 2.99. The third-order valence-corrected chi connectivity index (χ3v) is 11.2. The normalized spacial score (nSPS) is 36.7. The average molecular weight is 573 g/mol. The Morgan fingerprint density at radius 2 is 2.10 bits per heavy atom. The number of nitrogens with one attached hydrogen (secondary N) is 1. The standard InChI is InChI=1S/C30H38FN3O5S/c1-17(36)39-30(27(38)40-11-10-35)9-8-22-21-6-4-19-12-23(34-20-5-7-25(31)33-16-20)18(15-32)13-28(19,2)26(21)24(37)14-29(22,30)3/h5,7,12,15-16,21-22,24,26,32,34-35,37H,4,6,8-11,13-14H2,1-3H3/p+1/t21-,22?,24-,26?,28-,29-,30-/m0/s1. The third kappa shape index (κ3) is 4.57. The van der Waals surface area contributed by atoms with Crippen molar-refractivity contribution in [2.24, 2.45) is 28.6 Å². The lowest BCUT2D eigenvalue weighted by Crippen LogP contribution is -2.76. The Bertz CT molecular complexity index is 1270. The molecule has 0 bridgehead atoms. The van der Waals surface area contributed by atoms with Crippen LogP contribution in [-0.2, 0) is 14.3 Å². The van der Waals surface area contributed by atoms with Gasteiger partial charge < -0.3 is 20.4 Å². The zero-order chi connectivity index (χ0) is 28.9. The number of esters is 1. The molecule has 1 heterocycles. The van der Waals surface area contributed by atoms with Crippen molar-refractivity contribution >= 4 is 34.7 Å². The second kappa shape index (κ2) is 10.8. The first-order valence-electron chi connectivity index (χ1n) is 14.1. The number of quaternary nitrogens is 1. The second-order valence-corrected chi connectivity index (χ2v) is 13.4. The highest BCUT2D eigenvalue weighted by Gasteiger charge is 2.70. The molecule has 8 nitrogen and oxygen atoms in total. The summed E-state index contributed by atoms with van der Waals surface area (Å²) in [5.74, 6) is -0.669. The summed E-state index contributed by atoms with van der Waals surface area (Å²) in [5.41, 5.74) is 1.34. The van der Waals surface area contributed by atoms with E-state index in [0.29, 0.717) is 19.3 Å². The molecule has 10 heteroatoms. The fourth-order valence-corrected chi connectivity index (χ4v) is 9.56. The number of thioether (sulfide) groups is 1. The van der Waals surface area contributed by atoms with E-state index >= 15 is 0 Å². The predicted octanol–water partition coefficient (Wildman–Crippen LogP) is 3.42. The van der Waals surface area contributed by atoms with Crippen LogP contribution in [0.15, 0.2) is 41.2 Å². The fourth-order valence-electron chi connectivity index (χ4n) is 8.67. The summed E-state index contributed by atoms with van der Waals surface area (Å²) in [4.78, 5) is 29.6. The number of halogens is 1. The molecule has 0 aromatic carbocycles. The number of ether oxygens (including phenoxy) is 1. The van der Waals surface area contributed by atoms with Gasteiger partial charge in [-0.1, -0.05) is 31.2 Å². The molecule has 0 aliphatic heterocycles. The lowest BCUT2D eigenvalue weighted by Gasteiger charge is -2.60. The number of pyridine rings is 1. The van der Waals surface area contributed by atoms with E-state index in [1.165, 1.54) is 31.0 Å². The van der Waals surface area contributed by atoms with E-state index < -0.39 is 29.0 Å². The van der Waals surface area contributed by atoms with Crippen LogP contribution in [-0.4, -0.2) is 56.6 Å². The summed E-state index contributed by atoms with van der Waals surface area (Å²) < 4.78 is 19.3. The van der Waals surface area contributed by atoms with Gasteiger partial charge in [0.1, 0.15) is 5.70 Å². The number of carbonyl (C=O) groups excluding carboxylic acids is 2. The van der Waals surface area contributed by atoms with Crippen LogP contribution in [0.1, 0.15) is 59.3 Å². The highest BCUT2D eigenvalue weighted by molar-refractivity contribution is 8.13. The molecule has 1 aromatic heterocycles. The SMILES string of the molecule is CC(=O)O[C@]1(C(=O)SCCO)CCC2[C@@H]3CCC4=CC([NH2+]c5ccc(F)nc5)=C(C=N)C[C@]4(C)C3[C@@H](O)C[C@@]21C. The van der Waals surface area contributed by atoms with Crippen molar-refractivity contribution in [1.82, 2.24) is 4.98 Å². The Morgan fingerprint density at radius 1 is 1.32 bits per heavy atom. The van der Waals surface area contributed by atoms with Crippen LogP contribution >= 0.6 is 11.8 Å². The number of allylic oxidation sites excluding steroid dienone is 3. The summed E-state index contributed by atoms with van der Waals surface area (Å²) in [7, 11) is 0. The second-order valence-electron chi connectivity index (χ2n) is 12.3. The molecule has 4 aliphatic rings. The largest absolute Gasteiger partial charge is 0.450 e. The number of aliphatic hydroxyl groups is 2. The average Bonchev–Trinajstić information content (AvgIpc) is 3.19. The predicted molar refractivity (Wildman–Crippen MR) is 149 cm³/mol. The van der Waals surface area contributed by atoms with Crippen LogP contribution in [0, 0.1) is 39.9 Å². The van der Waals surface area contributed by atoms with Crippen molar-refractivity contribution in [2.45, 2.75) is 71.0 Å². The maximum absolute atomic E-state index is 13.6. The Morgan fingerprint density at radius 3 is 2.75 bits per heavy atom. The van der Waals surface area contributed by atoms with Gasteiger partial charge in [-0.15, -0.1) is 0 Å². The molecule has 0 radical (unpaired) electrons. The number of hydrogen-bond donors (Lipinski definition) is 4. The number of aromatic nitrogens is 1. The quantitative estimate of drug-likeness (QED) is 0.223. The zero-order valence-electron chi connectivity index (χ0n) is 23.3. The van der Waals surface area contributed by atoms with E-state index in [0.717, 1.165) is 48.0 Å². The van der Waals surface area contributed by atoms with Crippen LogP contribution in [0.25, 0.3) is 0 Å². The maximum Gasteiger partial charge on any atom is 0.303 e. The van der Waals surface area contributed by atoms with E-state index in [2.05, 4.69) is 18.0 Å². The van der Waals surface area contributed by atoms with Gasteiger partial charge in [0.15, 0.2) is 11.3 Å². The lowest BCUT2D eigenvalue weighted by molar-refractivity contribution is -0.513. The van der Waals surface area contributed by atoms with Crippen molar-refractivity contribution in [3.63, 3.8) is 0 Å². The summed E-state index contributed by atoms with van der Waals surface area (Å²) in [6.45, 7) is 5.38. The molecule has 1 aromatic rings. The van der Waals surface area contributed by atoms with Crippen molar-refractivity contribution in [3.8, 4) is 0 Å². The molecule has 5 N–H and O–H groups in total. The van der Waals surface area contributed by atoms with Gasteiger partial charge in [0.05, 0.1) is 18.9 Å². The highest BCUT2D eigenvalue weighted by atomic mass is 32.2. The molecule has 7 atom stereocenters. The Hall–Kier alpha value is -2.40. The Labute approximate surface area is 238 Å². The lowest BCUT2D eigenvalue weighted by atomic mass is 9.45. The fraction of sp³-hybridized carbons (Fsp3) is 0.600. The minimum atomic E-state index is -1.33. The van der Waals surface area contributed by atoms with Gasteiger partial charge in [-0.05, 0) is 73.8 Å². The van der Waals surface area contributed by atoms with E-state index in [-0.39, 0.29) is 40.6 Å². The maximum atomic E-state index is 13.6. The minimum absolute atomic E-state index is 0.0668. The number of carbonyl (C=O) groups is 2. The number of hydrogen-bond acceptors (Lipinski definition) is 8. The van der Waals surface area contributed by atoms with E-state index in [9.17, 15) is 24.2 Å². The molecular formula is C30H39FN3O5S+. The van der Waals surface area contributed by atoms with Crippen LogP contribution in [0.5, 0.6) is 0 Å². The first kappa shape index (κ1) is 29.1. The first-order chi connectivity index (χ1) is 19.0. The first-order valence-corrected chi connectivity index (χ1v) is 15.0. The van der Waals surface area contributed by atoms with Crippen molar-refractivity contribution in [3.05, 3.63) is 47.2 Å². The van der Waals surface area contributed by atoms with Gasteiger partial charge in [0.2, 0.25) is 11.1 Å². The zero-order valence-corrected chi connectivity index (χ0v) is 24.1. The molecule has 0 amide bonds.